The number of aliphatic hydroxyl groups excluding tert-OH is 1. The molecule has 1 aromatic heterocycles. The quantitative estimate of drug-likeness (QED) is 0.847. The molecular weight excluding hydrogens is 312 g/mol. The molecule has 0 fully saturated rings. The highest BCUT2D eigenvalue weighted by Crippen LogP contribution is 2.20. The number of nitrogens with zero attached hydrogens (tertiary/aromatic N) is 1. The summed E-state index contributed by atoms with van der Waals surface area (Å²) in [7, 11) is -3.63. The Labute approximate surface area is 128 Å². The number of sulfonamides is 1. The van der Waals surface area contributed by atoms with E-state index in [9.17, 15) is 8.42 Å². The van der Waals surface area contributed by atoms with E-state index in [1.165, 1.54) is 18.2 Å². The average Bonchev–Trinajstić information content (AvgIpc) is 2.48. The minimum absolute atomic E-state index is 0.0805. The highest BCUT2D eigenvalue weighted by atomic mass is 35.5. The van der Waals surface area contributed by atoms with E-state index in [1.54, 1.807) is 12.3 Å². The first-order valence-corrected chi connectivity index (χ1v) is 8.18. The molecule has 5 nitrogen and oxygen atoms in total. The van der Waals surface area contributed by atoms with Crippen LogP contribution in [0.25, 0.3) is 0 Å². The standard InChI is InChI=1S/C14H15ClN2O3S/c15-14-5-4-13(9-11(14)10-18)21(19,20)17-8-6-12-3-1-2-7-16-12/h1-5,7,9,17-18H,6,8,10H2. The van der Waals surface area contributed by atoms with Gasteiger partial charge in [-0.15, -0.1) is 0 Å². The summed E-state index contributed by atoms with van der Waals surface area (Å²) in [5.74, 6) is 0. The number of aromatic nitrogens is 1. The Kier molecular flexibility index (Phi) is 5.30. The molecule has 0 bridgehead atoms. The van der Waals surface area contributed by atoms with Crippen LogP contribution in [0.3, 0.4) is 0 Å². The summed E-state index contributed by atoms with van der Waals surface area (Å²) in [6.07, 6.45) is 2.16. The zero-order valence-electron chi connectivity index (χ0n) is 11.2. The molecule has 0 atom stereocenters. The van der Waals surface area contributed by atoms with Gasteiger partial charge in [-0.1, -0.05) is 17.7 Å². The van der Waals surface area contributed by atoms with Crippen molar-refractivity contribution in [3.8, 4) is 0 Å². The molecule has 1 aromatic carbocycles. The van der Waals surface area contributed by atoms with Crippen LogP contribution in [0.15, 0.2) is 47.5 Å². The molecule has 0 amide bonds. The molecule has 2 N–H and O–H groups in total. The summed E-state index contributed by atoms with van der Waals surface area (Å²) < 4.78 is 26.8. The second kappa shape index (κ2) is 7.00. The lowest BCUT2D eigenvalue weighted by atomic mass is 10.2. The van der Waals surface area contributed by atoms with Crippen molar-refractivity contribution in [2.45, 2.75) is 17.9 Å². The van der Waals surface area contributed by atoms with E-state index >= 15 is 0 Å². The number of nitrogens with one attached hydrogen (secondary N) is 1. The van der Waals surface area contributed by atoms with Crippen LogP contribution < -0.4 is 4.72 Å². The number of halogens is 1. The van der Waals surface area contributed by atoms with Crippen molar-refractivity contribution >= 4 is 21.6 Å². The molecule has 2 aromatic rings. The molecule has 2 rings (SSSR count). The molecule has 0 aliphatic heterocycles. The summed E-state index contributed by atoms with van der Waals surface area (Å²) in [5, 5.41) is 9.46. The summed E-state index contributed by atoms with van der Waals surface area (Å²) in [5.41, 5.74) is 1.19. The van der Waals surface area contributed by atoms with E-state index in [0.29, 0.717) is 17.0 Å². The number of benzene rings is 1. The van der Waals surface area contributed by atoms with Gasteiger partial charge >= 0.3 is 0 Å². The molecule has 0 aliphatic carbocycles. The molecule has 0 saturated heterocycles. The van der Waals surface area contributed by atoms with Gasteiger partial charge in [-0.05, 0) is 35.9 Å². The fourth-order valence-corrected chi connectivity index (χ4v) is 3.04. The Bertz CT molecular complexity index is 705. The van der Waals surface area contributed by atoms with Gasteiger partial charge < -0.3 is 5.11 Å². The normalized spacial score (nSPS) is 11.5. The topological polar surface area (TPSA) is 79.3 Å². The molecule has 0 spiro atoms. The van der Waals surface area contributed by atoms with Crippen LogP contribution in [0.4, 0.5) is 0 Å². The Morgan fingerprint density at radius 3 is 2.71 bits per heavy atom. The maximum atomic E-state index is 12.1. The third-order valence-corrected chi connectivity index (χ3v) is 4.72. The first kappa shape index (κ1) is 15.9. The van der Waals surface area contributed by atoms with Gasteiger partial charge in [-0.25, -0.2) is 13.1 Å². The molecule has 0 aliphatic rings. The van der Waals surface area contributed by atoms with Gasteiger partial charge in [0, 0.05) is 29.9 Å². The monoisotopic (exact) mass is 326 g/mol. The zero-order valence-corrected chi connectivity index (χ0v) is 12.7. The van der Waals surface area contributed by atoms with Gasteiger partial charge in [0.25, 0.3) is 0 Å². The van der Waals surface area contributed by atoms with Gasteiger partial charge in [-0.2, -0.15) is 0 Å². The Hall–Kier alpha value is -1.47. The number of aliphatic hydroxyl groups is 1. The molecule has 0 saturated carbocycles. The fraction of sp³-hybridized carbons (Fsp3) is 0.214. The fourth-order valence-electron chi connectivity index (χ4n) is 1.78. The van der Waals surface area contributed by atoms with E-state index in [1.807, 2.05) is 12.1 Å². The lowest BCUT2D eigenvalue weighted by molar-refractivity contribution is 0.281. The van der Waals surface area contributed by atoms with E-state index in [0.717, 1.165) is 5.69 Å². The SMILES string of the molecule is O=S(=O)(NCCc1ccccn1)c1ccc(Cl)c(CO)c1. The van der Waals surface area contributed by atoms with Crippen LogP contribution >= 0.6 is 11.6 Å². The summed E-state index contributed by atoms with van der Waals surface area (Å²) in [6, 6.07) is 9.72. The van der Waals surface area contributed by atoms with Crippen molar-refractivity contribution in [3.05, 3.63) is 58.9 Å². The Morgan fingerprint density at radius 2 is 2.05 bits per heavy atom. The van der Waals surface area contributed by atoms with E-state index in [-0.39, 0.29) is 18.0 Å². The Balaban J connectivity index is 2.05. The number of hydrogen-bond acceptors (Lipinski definition) is 4. The number of rotatable bonds is 6. The van der Waals surface area contributed by atoms with Crippen molar-refractivity contribution < 1.29 is 13.5 Å². The highest BCUT2D eigenvalue weighted by Gasteiger charge is 2.15. The van der Waals surface area contributed by atoms with Crippen molar-refractivity contribution in [3.63, 3.8) is 0 Å². The second-order valence-corrected chi connectivity index (χ2v) is 6.55. The van der Waals surface area contributed by atoms with Crippen LogP contribution in [0.2, 0.25) is 5.02 Å². The van der Waals surface area contributed by atoms with Crippen molar-refractivity contribution in [2.24, 2.45) is 0 Å². The number of pyridine rings is 1. The van der Waals surface area contributed by atoms with Gasteiger partial charge in [0.2, 0.25) is 10.0 Å². The molecule has 112 valence electrons. The highest BCUT2D eigenvalue weighted by molar-refractivity contribution is 7.89. The summed E-state index contributed by atoms with van der Waals surface area (Å²) in [6.45, 7) is -0.0629. The molecule has 21 heavy (non-hydrogen) atoms. The minimum Gasteiger partial charge on any atom is -0.392 e. The first-order chi connectivity index (χ1) is 10.0. The van der Waals surface area contributed by atoms with Crippen LogP contribution in [0.1, 0.15) is 11.3 Å². The zero-order chi connectivity index (χ0) is 15.3. The summed E-state index contributed by atoms with van der Waals surface area (Å²) in [4.78, 5) is 4.21. The van der Waals surface area contributed by atoms with Crippen molar-refractivity contribution in [1.82, 2.24) is 9.71 Å². The predicted octanol–water partition coefficient (Wildman–Crippen LogP) is 1.75. The lowest BCUT2D eigenvalue weighted by Gasteiger charge is -2.08. The molecule has 7 heteroatoms. The predicted molar refractivity (Wildman–Crippen MR) is 80.5 cm³/mol. The van der Waals surface area contributed by atoms with Crippen LogP contribution in [-0.2, 0) is 23.1 Å². The van der Waals surface area contributed by atoms with Gasteiger partial charge in [0.05, 0.1) is 11.5 Å². The van der Waals surface area contributed by atoms with Crippen molar-refractivity contribution in [2.75, 3.05) is 6.54 Å². The third-order valence-electron chi connectivity index (χ3n) is 2.90. The Morgan fingerprint density at radius 1 is 1.24 bits per heavy atom. The lowest BCUT2D eigenvalue weighted by Crippen LogP contribution is -2.26. The third kappa shape index (κ3) is 4.25. The number of hydrogen-bond donors (Lipinski definition) is 2. The first-order valence-electron chi connectivity index (χ1n) is 6.32. The molecular formula is C14H15ClN2O3S. The summed E-state index contributed by atoms with van der Waals surface area (Å²) >= 11 is 5.85. The van der Waals surface area contributed by atoms with Crippen LogP contribution in [0.5, 0.6) is 0 Å². The van der Waals surface area contributed by atoms with Crippen molar-refractivity contribution in [1.29, 1.82) is 0 Å². The largest absolute Gasteiger partial charge is 0.392 e. The molecule has 0 unspecified atom stereocenters. The minimum atomic E-state index is -3.63. The average molecular weight is 327 g/mol. The van der Waals surface area contributed by atoms with E-state index in [2.05, 4.69) is 9.71 Å². The second-order valence-electron chi connectivity index (χ2n) is 4.38. The van der Waals surface area contributed by atoms with Gasteiger partial charge in [-0.3, -0.25) is 4.98 Å². The maximum Gasteiger partial charge on any atom is 0.240 e. The smallest absolute Gasteiger partial charge is 0.240 e. The van der Waals surface area contributed by atoms with Gasteiger partial charge in [0.15, 0.2) is 0 Å². The van der Waals surface area contributed by atoms with E-state index in [4.69, 9.17) is 16.7 Å². The van der Waals surface area contributed by atoms with Crippen LogP contribution in [0, 0.1) is 0 Å². The maximum absolute atomic E-state index is 12.1. The molecule has 1 heterocycles. The van der Waals surface area contributed by atoms with E-state index < -0.39 is 10.0 Å². The van der Waals surface area contributed by atoms with Crippen LogP contribution in [-0.4, -0.2) is 25.1 Å². The van der Waals surface area contributed by atoms with Gasteiger partial charge in [0.1, 0.15) is 0 Å². The molecule has 0 radical (unpaired) electrons.